The van der Waals surface area contributed by atoms with Crippen LogP contribution in [0, 0.1) is 24.7 Å². The van der Waals surface area contributed by atoms with Gasteiger partial charge in [0.1, 0.15) is 29.9 Å². The fourth-order valence-electron chi connectivity index (χ4n) is 8.34. The van der Waals surface area contributed by atoms with Gasteiger partial charge in [-0.2, -0.15) is 26.3 Å². The molecular formula is C52H66F6N6O6. The van der Waals surface area contributed by atoms with Crippen molar-refractivity contribution in [2.24, 2.45) is 10.8 Å². The largest absolute Gasteiger partial charge is 0.476 e. The Hall–Kier alpha value is -5.91. The number of carbonyl (C=O) groups excluding carboxylic acids is 3. The number of nitrogens with zero attached hydrogens (tertiary/aromatic N) is 4. The van der Waals surface area contributed by atoms with Gasteiger partial charge in [0.05, 0.1) is 10.8 Å². The highest BCUT2D eigenvalue weighted by Crippen LogP contribution is 2.38. The van der Waals surface area contributed by atoms with Crippen molar-refractivity contribution in [2.45, 2.75) is 117 Å². The maximum absolute atomic E-state index is 13.4. The van der Waals surface area contributed by atoms with Gasteiger partial charge >= 0.3 is 18.4 Å². The molecule has 70 heavy (non-hydrogen) atoms. The second-order valence-electron chi connectivity index (χ2n) is 20.4. The highest BCUT2D eigenvalue weighted by molar-refractivity contribution is 5.83. The van der Waals surface area contributed by atoms with Gasteiger partial charge in [-0.05, 0) is 135 Å². The van der Waals surface area contributed by atoms with Crippen LogP contribution in [-0.2, 0) is 26.7 Å². The number of halogens is 6. The Bertz CT molecular complexity index is 2420. The van der Waals surface area contributed by atoms with Gasteiger partial charge in [0, 0.05) is 55.9 Å². The normalized spacial score (nSPS) is 19.3. The van der Waals surface area contributed by atoms with Crippen LogP contribution in [0.1, 0.15) is 107 Å². The van der Waals surface area contributed by atoms with E-state index in [1.807, 2.05) is 64.1 Å². The van der Waals surface area contributed by atoms with Crippen molar-refractivity contribution in [1.82, 2.24) is 30.4 Å². The van der Waals surface area contributed by atoms with E-state index in [9.17, 15) is 40.7 Å². The first-order valence-electron chi connectivity index (χ1n) is 23.3. The number of likely N-dealkylation sites (N-methyl/N-ethyl adjacent to an activating group) is 1. The predicted molar refractivity (Wildman–Crippen MR) is 253 cm³/mol. The Balaban J connectivity index is 0.000000265. The molecule has 2 fully saturated rings. The lowest BCUT2D eigenvalue weighted by Crippen LogP contribution is -2.54. The zero-order valence-electron chi connectivity index (χ0n) is 41.6. The summed E-state index contributed by atoms with van der Waals surface area (Å²) in [6, 6.07) is 19.8. The molecule has 4 heterocycles. The van der Waals surface area contributed by atoms with Crippen LogP contribution < -0.4 is 20.1 Å². The zero-order valence-corrected chi connectivity index (χ0v) is 41.6. The fraction of sp³-hybridized carbons (Fsp3) is 0.519. The summed E-state index contributed by atoms with van der Waals surface area (Å²) in [4.78, 5) is 50.6. The molecule has 4 atom stereocenters. The Morgan fingerprint density at radius 2 is 1.03 bits per heavy atom. The molecule has 2 aliphatic heterocycles. The van der Waals surface area contributed by atoms with Crippen molar-refractivity contribution in [3.05, 3.63) is 119 Å². The molecule has 18 heteroatoms. The van der Waals surface area contributed by atoms with Crippen LogP contribution in [0.3, 0.4) is 0 Å². The van der Waals surface area contributed by atoms with E-state index in [1.165, 1.54) is 35.7 Å². The minimum Gasteiger partial charge on any atom is -0.476 e. The lowest BCUT2D eigenvalue weighted by atomic mass is 9.83. The molecule has 0 aliphatic carbocycles. The molecule has 2 aliphatic rings. The number of hydrogen-bond donors (Lipinski definition) is 2. The SMILES string of the molecule is Cc1ccccc1[C@@H]1CN(C(=O)OC(C)(C)C)CC[C@H]1NC(=O)C(C)(C)COc1ncccc1C(F)(F)F.Cc1ccccc1[C@H]1CN(C)CC[C@@H]1NC(=O)C(C)(C)COc1ncccc1C(F)(F)F. The number of rotatable bonds is 12. The number of nitrogens with one attached hydrogen (secondary N) is 2. The number of carbonyl (C=O) groups is 3. The summed E-state index contributed by atoms with van der Waals surface area (Å²) in [5.41, 5.74) is -0.380. The Morgan fingerprint density at radius 1 is 0.614 bits per heavy atom. The Labute approximate surface area is 406 Å². The molecular weight excluding hydrogens is 919 g/mol. The molecule has 0 bridgehead atoms. The van der Waals surface area contributed by atoms with Crippen LogP contribution in [0.25, 0.3) is 0 Å². The molecule has 12 nitrogen and oxygen atoms in total. The number of piperidine rings is 2. The molecule has 0 spiro atoms. The molecule has 382 valence electrons. The molecule has 0 unspecified atom stereocenters. The number of hydrogen-bond acceptors (Lipinski definition) is 9. The van der Waals surface area contributed by atoms with Gasteiger partial charge in [-0.15, -0.1) is 0 Å². The highest BCUT2D eigenvalue weighted by atomic mass is 19.4. The van der Waals surface area contributed by atoms with Crippen molar-refractivity contribution in [2.75, 3.05) is 46.4 Å². The monoisotopic (exact) mass is 984 g/mol. The summed E-state index contributed by atoms with van der Waals surface area (Å²) in [5.74, 6) is -1.78. The minimum atomic E-state index is -4.63. The van der Waals surface area contributed by atoms with Gasteiger partial charge in [-0.25, -0.2) is 14.8 Å². The molecule has 2 aromatic heterocycles. The lowest BCUT2D eigenvalue weighted by molar-refractivity contribution is -0.141. The Morgan fingerprint density at radius 3 is 1.44 bits per heavy atom. The number of likely N-dealkylation sites (tertiary alicyclic amines) is 2. The smallest absolute Gasteiger partial charge is 0.421 e. The number of ether oxygens (including phenoxy) is 3. The summed E-state index contributed by atoms with van der Waals surface area (Å²) in [5, 5.41) is 6.23. The van der Waals surface area contributed by atoms with Crippen LogP contribution in [0.2, 0.25) is 0 Å². The van der Waals surface area contributed by atoms with Crippen LogP contribution in [-0.4, -0.2) is 102 Å². The van der Waals surface area contributed by atoms with E-state index in [0.717, 1.165) is 42.8 Å². The maximum Gasteiger partial charge on any atom is 0.421 e. The summed E-state index contributed by atoms with van der Waals surface area (Å²) in [7, 11) is 2.06. The number of amides is 3. The van der Waals surface area contributed by atoms with Crippen molar-refractivity contribution in [1.29, 1.82) is 0 Å². The first-order chi connectivity index (χ1) is 32.6. The van der Waals surface area contributed by atoms with E-state index in [0.29, 0.717) is 19.5 Å². The third-order valence-corrected chi connectivity index (χ3v) is 12.4. The van der Waals surface area contributed by atoms with Gasteiger partial charge in [-0.1, -0.05) is 48.5 Å². The second-order valence-corrected chi connectivity index (χ2v) is 20.4. The first-order valence-corrected chi connectivity index (χ1v) is 23.3. The topological polar surface area (TPSA) is 135 Å². The number of aromatic nitrogens is 2. The molecule has 2 saturated heterocycles. The molecule has 3 amide bonds. The molecule has 4 aromatic rings. The van der Waals surface area contributed by atoms with Gasteiger partial charge in [0.2, 0.25) is 23.6 Å². The average molecular weight is 985 g/mol. The van der Waals surface area contributed by atoms with Gasteiger partial charge in [0.15, 0.2) is 0 Å². The van der Waals surface area contributed by atoms with Crippen molar-refractivity contribution in [3.63, 3.8) is 0 Å². The van der Waals surface area contributed by atoms with Gasteiger partial charge in [0.25, 0.3) is 0 Å². The van der Waals surface area contributed by atoms with Crippen LogP contribution >= 0.6 is 0 Å². The van der Waals surface area contributed by atoms with E-state index < -0.39 is 57.8 Å². The maximum atomic E-state index is 13.4. The fourth-order valence-corrected chi connectivity index (χ4v) is 8.34. The van der Waals surface area contributed by atoms with Gasteiger partial charge < -0.3 is 34.6 Å². The standard InChI is InChI=1S/C28H36F3N3O4.C24H30F3N3O2/c1-18-10-7-8-11-19(18)20-16-34(25(36)38-26(2,3)4)15-13-22(20)33-24(35)27(5,6)17-37-23-21(28(29,30)31)12-9-14-32-23;1-16-8-5-6-9-17(16)18-14-30(4)13-11-20(18)29-22(31)23(2,3)15-32-21-19(24(25,26)27)10-7-12-28-21/h7-12,14,20,22H,13,15-17H2,1-6H3,(H,33,35);5-10,12,18,20H,11,13-15H2,1-4H3,(H,29,31)/t20-,22+;18-,20+/m01/s1. The molecule has 6 rings (SSSR count). The summed E-state index contributed by atoms with van der Waals surface area (Å²) < 4.78 is 95.9. The Kier molecular flexibility index (Phi) is 17.6. The van der Waals surface area contributed by atoms with Crippen molar-refractivity contribution in [3.8, 4) is 11.8 Å². The van der Waals surface area contributed by atoms with E-state index in [2.05, 4.69) is 51.6 Å². The van der Waals surface area contributed by atoms with Crippen LogP contribution in [0.4, 0.5) is 31.1 Å². The summed E-state index contributed by atoms with van der Waals surface area (Å²) in [6.45, 7) is 17.9. The molecule has 0 radical (unpaired) electrons. The quantitative estimate of drug-likeness (QED) is 0.133. The third-order valence-electron chi connectivity index (χ3n) is 12.4. The van der Waals surface area contributed by atoms with Crippen LogP contribution in [0.15, 0.2) is 85.2 Å². The van der Waals surface area contributed by atoms with E-state index in [4.69, 9.17) is 14.2 Å². The third kappa shape index (κ3) is 14.8. The van der Waals surface area contributed by atoms with E-state index in [1.54, 1.807) is 32.6 Å². The average Bonchev–Trinajstić information content (AvgIpc) is 3.28. The summed E-state index contributed by atoms with van der Waals surface area (Å²) >= 11 is 0. The zero-order chi connectivity index (χ0) is 51.8. The van der Waals surface area contributed by atoms with Crippen molar-refractivity contribution < 1.29 is 54.9 Å². The van der Waals surface area contributed by atoms with Gasteiger partial charge in [-0.3, -0.25) is 9.59 Å². The van der Waals surface area contributed by atoms with E-state index in [-0.39, 0.29) is 48.9 Å². The first kappa shape index (κ1) is 55.0. The number of pyridine rings is 2. The number of alkyl halides is 6. The number of benzene rings is 2. The molecule has 2 aromatic carbocycles. The highest BCUT2D eigenvalue weighted by Gasteiger charge is 2.41. The predicted octanol–water partition coefficient (Wildman–Crippen LogP) is 10.1. The number of aryl methyl sites for hydroxylation is 2. The minimum absolute atomic E-state index is 0.0698. The molecule has 0 saturated carbocycles. The summed E-state index contributed by atoms with van der Waals surface area (Å²) in [6.07, 6.45) is -5.89. The van der Waals surface area contributed by atoms with E-state index >= 15 is 0 Å². The second kappa shape index (κ2) is 22.4. The van der Waals surface area contributed by atoms with Crippen LogP contribution in [0.5, 0.6) is 11.8 Å². The molecule has 2 N–H and O–H groups in total. The lowest BCUT2D eigenvalue weighted by Gasteiger charge is -2.41. The van der Waals surface area contributed by atoms with Crippen molar-refractivity contribution >= 4 is 17.9 Å².